The van der Waals surface area contributed by atoms with Crippen molar-refractivity contribution >= 4 is 17.6 Å². The summed E-state index contributed by atoms with van der Waals surface area (Å²) in [5.74, 6) is -1.82. The van der Waals surface area contributed by atoms with Gasteiger partial charge in [0.1, 0.15) is 5.82 Å². The number of hydrogen-bond acceptors (Lipinski definition) is 5. The van der Waals surface area contributed by atoms with Crippen molar-refractivity contribution < 1.29 is 18.7 Å². The molecule has 144 valence electrons. The molecule has 7 nitrogen and oxygen atoms in total. The van der Waals surface area contributed by atoms with Crippen molar-refractivity contribution in [3.8, 4) is 5.69 Å². The minimum Gasteiger partial charge on any atom is -0.451 e. The largest absolute Gasteiger partial charge is 0.451 e. The fourth-order valence-electron chi connectivity index (χ4n) is 2.67. The topological polar surface area (TPSA) is 86.1 Å². The van der Waals surface area contributed by atoms with Crippen molar-refractivity contribution in [3.63, 3.8) is 0 Å². The van der Waals surface area contributed by atoms with Crippen LogP contribution in [-0.2, 0) is 9.53 Å². The van der Waals surface area contributed by atoms with Gasteiger partial charge in [-0.05, 0) is 50.6 Å². The van der Waals surface area contributed by atoms with Crippen LogP contribution in [0.1, 0.15) is 27.3 Å². The first-order valence-electron chi connectivity index (χ1n) is 8.57. The molecule has 2 aromatic carbocycles. The maximum atomic E-state index is 13.1. The predicted molar refractivity (Wildman–Crippen MR) is 101 cm³/mol. The molecule has 0 unspecified atom stereocenters. The van der Waals surface area contributed by atoms with Gasteiger partial charge < -0.3 is 10.1 Å². The summed E-state index contributed by atoms with van der Waals surface area (Å²) in [5.41, 5.74) is 3.50. The summed E-state index contributed by atoms with van der Waals surface area (Å²) in [6.07, 6.45) is 0. The van der Waals surface area contributed by atoms with Crippen molar-refractivity contribution in [2.75, 3.05) is 11.9 Å². The number of hydrogen-bond donors (Lipinski definition) is 1. The van der Waals surface area contributed by atoms with E-state index in [1.807, 2.05) is 32.0 Å². The third kappa shape index (κ3) is 4.40. The van der Waals surface area contributed by atoms with Crippen molar-refractivity contribution in [2.24, 2.45) is 0 Å². The molecule has 0 atom stereocenters. The third-order valence-electron chi connectivity index (χ3n) is 3.99. The molecular weight excluding hydrogens is 363 g/mol. The van der Waals surface area contributed by atoms with E-state index in [0.717, 1.165) is 16.8 Å². The zero-order valence-corrected chi connectivity index (χ0v) is 15.7. The number of amides is 1. The molecule has 0 fully saturated rings. The van der Waals surface area contributed by atoms with Crippen LogP contribution in [0.15, 0.2) is 42.5 Å². The van der Waals surface area contributed by atoms with Gasteiger partial charge in [0.25, 0.3) is 5.91 Å². The first kappa shape index (κ1) is 19.2. The van der Waals surface area contributed by atoms with Crippen molar-refractivity contribution in [3.05, 3.63) is 70.8 Å². The van der Waals surface area contributed by atoms with Gasteiger partial charge in [0, 0.05) is 5.69 Å². The first-order chi connectivity index (χ1) is 13.3. The highest BCUT2D eigenvalue weighted by atomic mass is 19.1. The molecular formula is C20H19FN4O3. The Labute approximate surface area is 161 Å². The van der Waals surface area contributed by atoms with Gasteiger partial charge >= 0.3 is 5.97 Å². The van der Waals surface area contributed by atoms with E-state index in [2.05, 4.69) is 15.5 Å². The van der Waals surface area contributed by atoms with Crippen LogP contribution >= 0.6 is 0 Å². The Bertz CT molecular complexity index is 1050. The van der Waals surface area contributed by atoms with Gasteiger partial charge in [0.2, 0.25) is 0 Å². The number of benzene rings is 2. The van der Waals surface area contributed by atoms with Crippen molar-refractivity contribution in [1.82, 2.24) is 15.0 Å². The second-order valence-corrected chi connectivity index (χ2v) is 6.35. The lowest BCUT2D eigenvalue weighted by Crippen LogP contribution is -2.21. The number of esters is 1. The fourth-order valence-corrected chi connectivity index (χ4v) is 2.67. The van der Waals surface area contributed by atoms with E-state index in [1.54, 1.807) is 6.92 Å². The number of rotatable bonds is 5. The molecule has 3 rings (SSSR count). The summed E-state index contributed by atoms with van der Waals surface area (Å²) in [6, 6.07) is 11.2. The highest BCUT2D eigenvalue weighted by Crippen LogP contribution is 2.16. The number of ether oxygens (including phenoxy) is 1. The monoisotopic (exact) mass is 382 g/mol. The number of nitrogens with zero attached hydrogens (tertiary/aromatic N) is 3. The molecule has 0 aliphatic carbocycles. The Kier molecular flexibility index (Phi) is 5.49. The molecule has 28 heavy (non-hydrogen) atoms. The van der Waals surface area contributed by atoms with E-state index in [0.29, 0.717) is 5.69 Å². The number of aryl methyl sites for hydroxylation is 3. The summed E-state index contributed by atoms with van der Waals surface area (Å²) >= 11 is 0. The minimum absolute atomic E-state index is 0.0264. The van der Waals surface area contributed by atoms with E-state index in [1.165, 1.54) is 29.1 Å². The average molecular weight is 382 g/mol. The number of carbonyl (C=O) groups is 2. The average Bonchev–Trinajstić information content (AvgIpc) is 3.01. The maximum absolute atomic E-state index is 13.1. The van der Waals surface area contributed by atoms with Crippen LogP contribution in [0, 0.1) is 26.6 Å². The summed E-state index contributed by atoms with van der Waals surface area (Å²) in [7, 11) is 0. The zero-order chi connectivity index (χ0) is 20.3. The molecule has 1 heterocycles. The quantitative estimate of drug-likeness (QED) is 0.685. The lowest BCUT2D eigenvalue weighted by atomic mass is 10.1. The van der Waals surface area contributed by atoms with Gasteiger partial charge in [-0.1, -0.05) is 23.8 Å². The number of anilines is 1. The molecule has 1 N–H and O–H groups in total. The molecule has 0 bridgehead atoms. The highest BCUT2D eigenvalue weighted by Gasteiger charge is 2.19. The Morgan fingerprint density at radius 1 is 1.11 bits per heavy atom. The van der Waals surface area contributed by atoms with Crippen LogP contribution in [0.5, 0.6) is 0 Å². The van der Waals surface area contributed by atoms with Crippen LogP contribution in [0.25, 0.3) is 5.69 Å². The zero-order valence-electron chi connectivity index (χ0n) is 15.7. The second kappa shape index (κ2) is 7.99. The maximum Gasteiger partial charge on any atom is 0.361 e. The molecule has 0 aliphatic heterocycles. The molecule has 1 amide bonds. The first-order valence-corrected chi connectivity index (χ1v) is 8.57. The highest BCUT2D eigenvalue weighted by molar-refractivity contribution is 5.95. The molecule has 0 radical (unpaired) electrons. The second-order valence-electron chi connectivity index (χ2n) is 6.35. The summed E-state index contributed by atoms with van der Waals surface area (Å²) in [5, 5.41) is 10.9. The van der Waals surface area contributed by atoms with Gasteiger partial charge in [-0.25, -0.2) is 9.18 Å². The predicted octanol–water partition coefficient (Wildman–Crippen LogP) is 3.13. The van der Waals surface area contributed by atoms with Gasteiger partial charge in [-0.3, -0.25) is 4.79 Å². The standard InChI is InChI=1S/C20H19FN4O3/c1-12-7-8-17(13(2)9-12)25-23-14(3)19(24-25)20(27)28-11-18(26)22-16-6-4-5-15(21)10-16/h4-10H,11H2,1-3H3,(H,22,26). The van der Waals surface area contributed by atoms with Gasteiger partial charge in [-0.15, -0.1) is 5.10 Å². The fraction of sp³-hybridized carbons (Fsp3) is 0.200. The summed E-state index contributed by atoms with van der Waals surface area (Å²) < 4.78 is 18.1. The Balaban J connectivity index is 1.66. The van der Waals surface area contributed by atoms with Crippen molar-refractivity contribution in [2.45, 2.75) is 20.8 Å². The molecule has 0 spiro atoms. The smallest absolute Gasteiger partial charge is 0.361 e. The Morgan fingerprint density at radius 2 is 1.89 bits per heavy atom. The van der Waals surface area contributed by atoms with Gasteiger partial charge in [0.05, 0.1) is 11.4 Å². The summed E-state index contributed by atoms with van der Waals surface area (Å²) in [6.45, 7) is 5.02. The van der Waals surface area contributed by atoms with E-state index in [4.69, 9.17) is 4.74 Å². The van der Waals surface area contributed by atoms with Gasteiger partial charge in [0.15, 0.2) is 12.3 Å². The van der Waals surface area contributed by atoms with Crippen LogP contribution in [0.2, 0.25) is 0 Å². The normalized spacial score (nSPS) is 10.6. The number of carbonyl (C=O) groups excluding carboxylic acids is 2. The summed E-state index contributed by atoms with van der Waals surface area (Å²) in [4.78, 5) is 25.5. The molecule has 8 heteroatoms. The van der Waals surface area contributed by atoms with E-state index in [9.17, 15) is 14.0 Å². The number of halogens is 1. The molecule has 0 saturated heterocycles. The Morgan fingerprint density at radius 3 is 2.61 bits per heavy atom. The Hall–Kier alpha value is -3.55. The van der Waals surface area contributed by atoms with Crippen LogP contribution < -0.4 is 5.32 Å². The molecule has 1 aromatic heterocycles. The lowest BCUT2D eigenvalue weighted by molar-refractivity contribution is -0.119. The third-order valence-corrected chi connectivity index (χ3v) is 3.99. The van der Waals surface area contributed by atoms with E-state index in [-0.39, 0.29) is 11.4 Å². The number of nitrogens with one attached hydrogen (secondary N) is 1. The van der Waals surface area contributed by atoms with Crippen LogP contribution in [0.4, 0.5) is 10.1 Å². The van der Waals surface area contributed by atoms with Crippen LogP contribution in [0.3, 0.4) is 0 Å². The van der Waals surface area contributed by atoms with Gasteiger partial charge in [-0.2, -0.15) is 9.90 Å². The lowest BCUT2D eigenvalue weighted by Gasteiger charge is -2.06. The SMILES string of the molecule is Cc1ccc(-n2nc(C)c(C(=O)OCC(=O)Nc3cccc(F)c3)n2)c(C)c1. The molecule has 0 aliphatic rings. The molecule has 3 aromatic rings. The van der Waals surface area contributed by atoms with Crippen molar-refractivity contribution in [1.29, 1.82) is 0 Å². The van der Waals surface area contributed by atoms with E-state index >= 15 is 0 Å². The van der Waals surface area contributed by atoms with E-state index < -0.39 is 24.3 Å². The molecule has 0 saturated carbocycles. The number of aromatic nitrogens is 3. The minimum atomic E-state index is -0.761. The van der Waals surface area contributed by atoms with Crippen LogP contribution in [-0.4, -0.2) is 33.5 Å².